The molecule has 0 saturated heterocycles. The zero-order valence-electron chi connectivity index (χ0n) is 11.0. The Hall–Kier alpha value is -2.71. The van der Waals surface area contributed by atoms with Crippen LogP contribution in [0, 0.1) is 10.1 Å². The van der Waals surface area contributed by atoms with Gasteiger partial charge in [-0.05, 0) is 12.5 Å². The summed E-state index contributed by atoms with van der Waals surface area (Å²) in [5.41, 5.74) is -0.144. The van der Waals surface area contributed by atoms with Gasteiger partial charge < -0.3 is 10.6 Å². The molecule has 0 amide bonds. The first kappa shape index (κ1) is 13.7. The number of aryl methyl sites for hydroxylation is 1. The van der Waals surface area contributed by atoms with Gasteiger partial charge in [0.15, 0.2) is 0 Å². The second-order valence-corrected chi connectivity index (χ2v) is 3.98. The van der Waals surface area contributed by atoms with Crippen molar-refractivity contribution in [3.63, 3.8) is 0 Å². The maximum atomic E-state index is 11.1. The first-order valence-corrected chi connectivity index (χ1v) is 6.11. The van der Waals surface area contributed by atoms with E-state index in [0.29, 0.717) is 6.54 Å². The highest BCUT2D eigenvalue weighted by Gasteiger charge is 2.21. The van der Waals surface area contributed by atoms with Crippen LogP contribution in [0.4, 0.5) is 17.3 Å². The lowest BCUT2D eigenvalue weighted by molar-refractivity contribution is -0.383. The molecule has 2 heterocycles. The zero-order valence-corrected chi connectivity index (χ0v) is 11.0. The fourth-order valence-electron chi connectivity index (χ4n) is 1.74. The monoisotopic (exact) mass is 277 g/mol. The van der Waals surface area contributed by atoms with Gasteiger partial charge in [-0.3, -0.25) is 14.8 Å². The van der Waals surface area contributed by atoms with Crippen molar-refractivity contribution in [1.29, 1.82) is 0 Å². The van der Waals surface area contributed by atoms with E-state index in [-0.39, 0.29) is 17.3 Å². The number of hydrogen-bond acceptors (Lipinski definition) is 7. The van der Waals surface area contributed by atoms with E-state index in [2.05, 4.69) is 25.7 Å². The number of aromatic nitrogens is 4. The normalized spacial score (nSPS) is 10.2. The lowest BCUT2D eigenvalue weighted by atomic mass is 10.4. The van der Waals surface area contributed by atoms with Crippen molar-refractivity contribution in [3.05, 3.63) is 34.9 Å². The average Bonchev–Trinajstić information content (AvgIpc) is 2.96. The molecule has 0 bridgehead atoms. The number of hydrogen-bond donors (Lipinski definition) is 2. The Morgan fingerprint density at radius 1 is 1.40 bits per heavy atom. The van der Waals surface area contributed by atoms with Crippen molar-refractivity contribution in [1.82, 2.24) is 19.7 Å². The molecule has 20 heavy (non-hydrogen) atoms. The van der Waals surface area contributed by atoms with Gasteiger partial charge >= 0.3 is 5.69 Å². The Morgan fingerprint density at radius 2 is 2.20 bits per heavy atom. The van der Waals surface area contributed by atoms with Crippen LogP contribution in [0.15, 0.2) is 24.8 Å². The number of nitrogens with zero attached hydrogens (tertiary/aromatic N) is 5. The summed E-state index contributed by atoms with van der Waals surface area (Å²) in [6.07, 6.45) is 5.64. The zero-order chi connectivity index (χ0) is 14.4. The minimum atomic E-state index is -0.498. The molecule has 0 aliphatic heterocycles. The molecule has 9 nitrogen and oxygen atoms in total. The van der Waals surface area contributed by atoms with Crippen molar-refractivity contribution in [2.24, 2.45) is 0 Å². The Kier molecular flexibility index (Phi) is 4.43. The lowest BCUT2D eigenvalue weighted by Crippen LogP contribution is -2.11. The highest BCUT2D eigenvalue weighted by atomic mass is 16.6. The summed E-state index contributed by atoms with van der Waals surface area (Å²) in [6, 6.07) is 1.85. The van der Waals surface area contributed by atoms with Gasteiger partial charge in [0.05, 0.1) is 4.92 Å². The second kappa shape index (κ2) is 6.45. The van der Waals surface area contributed by atoms with Crippen molar-refractivity contribution in [3.8, 4) is 0 Å². The summed E-state index contributed by atoms with van der Waals surface area (Å²) in [5.74, 6) is 0.411. The average molecular weight is 277 g/mol. The Balaban J connectivity index is 1.96. The third-order valence-electron chi connectivity index (χ3n) is 2.66. The molecule has 0 spiro atoms. The molecule has 9 heteroatoms. The molecule has 2 aromatic rings. The predicted octanol–water partition coefficient (Wildman–Crippen LogP) is 1.13. The summed E-state index contributed by atoms with van der Waals surface area (Å²) < 4.78 is 1.80. The van der Waals surface area contributed by atoms with Gasteiger partial charge in [-0.15, -0.1) is 0 Å². The first-order chi connectivity index (χ1) is 9.72. The summed E-state index contributed by atoms with van der Waals surface area (Å²) in [4.78, 5) is 18.3. The van der Waals surface area contributed by atoms with E-state index in [1.54, 1.807) is 17.9 Å². The summed E-state index contributed by atoms with van der Waals surface area (Å²) in [6.45, 7) is 1.29. The smallest absolute Gasteiger partial charge is 0.353 e. The van der Waals surface area contributed by atoms with Gasteiger partial charge in [-0.2, -0.15) is 5.10 Å². The number of nitrogens with one attached hydrogen (secondary N) is 2. The molecule has 0 aromatic carbocycles. The third-order valence-corrected chi connectivity index (χ3v) is 2.66. The SMILES string of the molecule is CNc1ncnc(NCCCn2cccn2)c1[N+](=O)[O-]. The van der Waals surface area contributed by atoms with Crippen molar-refractivity contribution < 1.29 is 4.92 Å². The van der Waals surface area contributed by atoms with Crippen LogP contribution < -0.4 is 10.6 Å². The van der Waals surface area contributed by atoms with Gasteiger partial charge in [0.25, 0.3) is 0 Å². The highest BCUT2D eigenvalue weighted by Crippen LogP contribution is 2.28. The molecule has 2 N–H and O–H groups in total. The van der Waals surface area contributed by atoms with Crippen molar-refractivity contribution >= 4 is 17.3 Å². The molecule has 0 radical (unpaired) electrons. The van der Waals surface area contributed by atoms with Crippen molar-refractivity contribution in [2.75, 3.05) is 24.2 Å². The van der Waals surface area contributed by atoms with Crippen molar-refractivity contribution in [2.45, 2.75) is 13.0 Å². The largest absolute Gasteiger partial charge is 0.367 e. The number of rotatable bonds is 7. The molecule has 0 aliphatic rings. The molecular formula is C11H15N7O2. The molecule has 2 aromatic heterocycles. The molecule has 0 aliphatic carbocycles. The summed E-state index contributed by atoms with van der Waals surface area (Å²) in [7, 11) is 1.58. The second-order valence-electron chi connectivity index (χ2n) is 3.98. The van der Waals surface area contributed by atoms with Gasteiger partial charge in [0.1, 0.15) is 6.33 Å². The maximum Gasteiger partial charge on any atom is 0.353 e. The van der Waals surface area contributed by atoms with Crippen LogP contribution in [-0.2, 0) is 6.54 Å². The molecule has 0 saturated carbocycles. The first-order valence-electron chi connectivity index (χ1n) is 6.11. The van der Waals surface area contributed by atoms with E-state index in [1.165, 1.54) is 6.33 Å². The molecule has 106 valence electrons. The molecule has 0 fully saturated rings. The highest BCUT2D eigenvalue weighted by molar-refractivity contribution is 5.68. The third kappa shape index (κ3) is 3.19. The van der Waals surface area contributed by atoms with Crippen LogP contribution in [0.5, 0.6) is 0 Å². The maximum absolute atomic E-state index is 11.1. The van der Waals surface area contributed by atoms with E-state index in [0.717, 1.165) is 13.0 Å². The van der Waals surface area contributed by atoms with Crippen LogP contribution in [0.1, 0.15) is 6.42 Å². The molecular weight excluding hydrogens is 262 g/mol. The topological polar surface area (TPSA) is 111 Å². The number of nitro groups is 1. The standard InChI is InChI=1S/C11H15N7O2/c1-12-10-9(18(19)20)11(15-8-14-10)13-4-2-6-17-7-3-5-16-17/h3,5,7-8H,2,4,6H2,1H3,(H2,12,13,14,15). The van der Waals surface area contributed by atoms with E-state index in [9.17, 15) is 10.1 Å². The summed E-state index contributed by atoms with van der Waals surface area (Å²) in [5, 5.41) is 20.8. The molecule has 2 rings (SSSR count). The van der Waals surface area contributed by atoms with E-state index >= 15 is 0 Å². The van der Waals surface area contributed by atoms with Crippen LogP contribution in [0.3, 0.4) is 0 Å². The van der Waals surface area contributed by atoms with Crippen LogP contribution in [-0.4, -0.2) is 38.3 Å². The van der Waals surface area contributed by atoms with Gasteiger partial charge in [-0.25, -0.2) is 9.97 Å². The van der Waals surface area contributed by atoms with Gasteiger partial charge in [-0.1, -0.05) is 0 Å². The summed E-state index contributed by atoms with van der Waals surface area (Å²) >= 11 is 0. The molecule has 0 atom stereocenters. The minimum absolute atomic E-state index is 0.144. The van der Waals surface area contributed by atoms with E-state index in [1.807, 2.05) is 12.3 Å². The lowest BCUT2D eigenvalue weighted by Gasteiger charge is -2.08. The fraction of sp³-hybridized carbons (Fsp3) is 0.364. The number of anilines is 2. The van der Waals surface area contributed by atoms with E-state index in [4.69, 9.17) is 0 Å². The van der Waals surface area contributed by atoms with Crippen LogP contribution in [0.2, 0.25) is 0 Å². The van der Waals surface area contributed by atoms with Gasteiger partial charge in [0, 0.05) is 32.5 Å². The van der Waals surface area contributed by atoms with Crippen LogP contribution in [0.25, 0.3) is 0 Å². The quantitative estimate of drug-likeness (QED) is 0.443. The minimum Gasteiger partial charge on any atom is -0.367 e. The van der Waals surface area contributed by atoms with E-state index < -0.39 is 4.92 Å². The Morgan fingerprint density at radius 3 is 2.85 bits per heavy atom. The van der Waals surface area contributed by atoms with Crippen LogP contribution >= 0.6 is 0 Å². The Bertz CT molecular complexity index is 570. The fourth-order valence-corrected chi connectivity index (χ4v) is 1.74. The Labute approximate surface area is 115 Å². The van der Waals surface area contributed by atoms with Gasteiger partial charge in [0.2, 0.25) is 11.6 Å². The predicted molar refractivity (Wildman–Crippen MR) is 73.6 cm³/mol. The molecule has 0 unspecified atom stereocenters.